The molecule has 0 amide bonds. The van der Waals surface area contributed by atoms with Gasteiger partial charge in [0.1, 0.15) is 11.9 Å². The predicted octanol–water partition coefficient (Wildman–Crippen LogP) is 4.63. The maximum Gasteiger partial charge on any atom is 0.123 e. The van der Waals surface area contributed by atoms with E-state index in [1.165, 1.54) is 43.2 Å². The van der Waals surface area contributed by atoms with Gasteiger partial charge in [0.2, 0.25) is 0 Å². The lowest BCUT2D eigenvalue weighted by atomic mass is 9.73. The van der Waals surface area contributed by atoms with Gasteiger partial charge >= 0.3 is 0 Å². The molecule has 1 aliphatic carbocycles. The minimum absolute atomic E-state index is 0.333. The normalized spacial score (nSPS) is 24.6. The number of hydrogen-bond donors (Lipinski definition) is 1. The van der Waals surface area contributed by atoms with E-state index < -0.39 is 0 Å². The van der Waals surface area contributed by atoms with Crippen LogP contribution in [0.1, 0.15) is 70.0 Å². The highest BCUT2D eigenvalue weighted by Gasteiger charge is 2.40. The Hall–Kier alpha value is -1.02. The molecule has 1 heterocycles. The fourth-order valence-electron chi connectivity index (χ4n) is 4.44. The molecule has 1 aromatic carbocycles. The van der Waals surface area contributed by atoms with Gasteiger partial charge in [0.05, 0.1) is 0 Å². The van der Waals surface area contributed by atoms with Gasteiger partial charge in [-0.25, -0.2) is 0 Å². The summed E-state index contributed by atoms with van der Waals surface area (Å²) in [6.07, 6.45) is 8.17. The van der Waals surface area contributed by atoms with Crippen LogP contribution in [0.15, 0.2) is 18.2 Å². The number of nitrogens with one attached hydrogen (secondary N) is 1. The SMILES string of the molecule is CCNC(c1ccc2c(c1)CC(C)O2)C1(CC)CCCC1. The zero-order valence-corrected chi connectivity index (χ0v) is 13.7. The lowest BCUT2D eigenvalue weighted by Crippen LogP contribution is -2.36. The van der Waals surface area contributed by atoms with Crippen molar-refractivity contribution < 1.29 is 4.74 Å². The molecular weight excluding hydrogens is 258 g/mol. The van der Waals surface area contributed by atoms with Gasteiger partial charge in [-0.15, -0.1) is 0 Å². The summed E-state index contributed by atoms with van der Waals surface area (Å²) in [5, 5.41) is 3.79. The third kappa shape index (κ3) is 2.70. The molecule has 1 aromatic rings. The second-order valence-electron chi connectivity index (χ2n) is 6.91. The predicted molar refractivity (Wildman–Crippen MR) is 87.8 cm³/mol. The molecule has 1 saturated carbocycles. The first-order valence-corrected chi connectivity index (χ1v) is 8.71. The first-order valence-electron chi connectivity index (χ1n) is 8.71. The van der Waals surface area contributed by atoms with Gasteiger partial charge in [0.25, 0.3) is 0 Å². The maximum atomic E-state index is 5.86. The van der Waals surface area contributed by atoms with Crippen molar-refractivity contribution in [3.63, 3.8) is 0 Å². The molecule has 2 aliphatic rings. The van der Waals surface area contributed by atoms with Crippen molar-refractivity contribution in [2.24, 2.45) is 5.41 Å². The molecule has 3 rings (SSSR count). The molecule has 0 spiro atoms. The summed E-state index contributed by atoms with van der Waals surface area (Å²) in [5.41, 5.74) is 3.32. The number of hydrogen-bond acceptors (Lipinski definition) is 2. The van der Waals surface area contributed by atoms with E-state index in [1.807, 2.05) is 0 Å². The van der Waals surface area contributed by atoms with Gasteiger partial charge in [0, 0.05) is 12.5 Å². The highest BCUT2D eigenvalue weighted by Crippen LogP contribution is 2.50. The van der Waals surface area contributed by atoms with Gasteiger partial charge in [-0.2, -0.15) is 0 Å². The summed E-state index contributed by atoms with van der Waals surface area (Å²) >= 11 is 0. The van der Waals surface area contributed by atoms with Crippen LogP contribution < -0.4 is 10.1 Å². The first-order chi connectivity index (χ1) is 10.2. The third-order valence-corrected chi connectivity index (χ3v) is 5.58. The molecule has 1 fully saturated rings. The summed E-state index contributed by atoms with van der Waals surface area (Å²) in [6.45, 7) is 7.79. The van der Waals surface area contributed by atoms with E-state index in [9.17, 15) is 0 Å². The Morgan fingerprint density at radius 1 is 1.29 bits per heavy atom. The van der Waals surface area contributed by atoms with Gasteiger partial charge in [-0.05, 0) is 55.3 Å². The van der Waals surface area contributed by atoms with Crippen molar-refractivity contribution in [1.82, 2.24) is 5.32 Å². The lowest BCUT2D eigenvalue weighted by molar-refractivity contribution is 0.189. The summed E-state index contributed by atoms with van der Waals surface area (Å²) in [7, 11) is 0. The number of rotatable bonds is 5. The molecule has 2 nitrogen and oxygen atoms in total. The van der Waals surface area contributed by atoms with E-state index in [-0.39, 0.29) is 0 Å². The van der Waals surface area contributed by atoms with E-state index in [4.69, 9.17) is 4.74 Å². The summed E-state index contributed by atoms with van der Waals surface area (Å²) in [5.74, 6) is 1.10. The first kappa shape index (κ1) is 14.9. The molecule has 0 bridgehead atoms. The zero-order valence-electron chi connectivity index (χ0n) is 13.7. The van der Waals surface area contributed by atoms with E-state index >= 15 is 0 Å². The molecule has 2 atom stereocenters. The summed E-state index contributed by atoms with van der Waals surface area (Å²) in [4.78, 5) is 0. The molecule has 0 saturated heterocycles. The average molecular weight is 287 g/mol. The smallest absolute Gasteiger partial charge is 0.123 e. The Kier molecular flexibility index (Phi) is 4.26. The van der Waals surface area contributed by atoms with Crippen molar-refractivity contribution in [2.75, 3.05) is 6.54 Å². The fraction of sp³-hybridized carbons (Fsp3) is 0.684. The fourth-order valence-corrected chi connectivity index (χ4v) is 4.44. The third-order valence-electron chi connectivity index (χ3n) is 5.58. The van der Waals surface area contributed by atoms with Crippen LogP contribution in [0, 0.1) is 5.41 Å². The molecule has 0 aromatic heterocycles. The van der Waals surface area contributed by atoms with Crippen LogP contribution in [-0.2, 0) is 6.42 Å². The Morgan fingerprint density at radius 2 is 2.05 bits per heavy atom. The van der Waals surface area contributed by atoms with Crippen LogP contribution >= 0.6 is 0 Å². The van der Waals surface area contributed by atoms with Crippen molar-refractivity contribution in [1.29, 1.82) is 0 Å². The topological polar surface area (TPSA) is 21.3 Å². The Bertz CT molecular complexity index is 490. The van der Waals surface area contributed by atoms with Crippen molar-refractivity contribution >= 4 is 0 Å². The molecule has 2 unspecified atom stereocenters. The Morgan fingerprint density at radius 3 is 2.71 bits per heavy atom. The van der Waals surface area contributed by atoms with Crippen LogP contribution in [-0.4, -0.2) is 12.6 Å². The van der Waals surface area contributed by atoms with Crippen molar-refractivity contribution in [3.05, 3.63) is 29.3 Å². The minimum Gasteiger partial charge on any atom is -0.490 e. The molecule has 0 radical (unpaired) electrons. The van der Waals surface area contributed by atoms with Crippen LogP contribution in [0.2, 0.25) is 0 Å². The second kappa shape index (κ2) is 6.00. The monoisotopic (exact) mass is 287 g/mol. The van der Waals surface area contributed by atoms with Crippen LogP contribution in [0.3, 0.4) is 0 Å². The van der Waals surface area contributed by atoms with E-state index in [1.54, 1.807) is 0 Å². The second-order valence-corrected chi connectivity index (χ2v) is 6.91. The molecular formula is C19H29NO. The quantitative estimate of drug-likeness (QED) is 0.852. The summed E-state index contributed by atoms with van der Waals surface area (Å²) in [6, 6.07) is 7.38. The van der Waals surface area contributed by atoms with Gasteiger partial charge in [-0.3, -0.25) is 0 Å². The largest absolute Gasteiger partial charge is 0.490 e. The van der Waals surface area contributed by atoms with Crippen molar-refractivity contribution in [2.45, 2.75) is 71.4 Å². The zero-order chi connectivity index (χ0) is 14.9. The van der Waals surface area contributed by atoms with Crippen LogP contribution in [0.4, 0.5) is 0 Å². The van der Waals surface area contributed by atoms with Crippen molar-refractivity contribution in [3.8, 4) is 5.75 Å². The lowest BCUT2D eigenvalue weighted by Gasteiger charge is -2.38. The van der Waals surface area contributed by atoms with Gasteiger partial charge in [-0.1, -0.05) is 38.8 Å². The molecule has 1 aliphatic heterocycles. The molecule has 2 heteroatoms. The number of fused-ring (bicyclic) bond motifs is 1. The maximum absolute atomic E-state index is 5.86. The molecule has 1 N–H and O–H groups in total. The van der Waals surface area contributed by atoms with Gasteiger partial charge in [0.15, 0.2) is 0 Å². The summed E-state index contributed by atoms with van der Waals surface area (Å²) < 4.78 is 5.86. The standard InChI is InChI=1S/C19H29NO/c1-4-19(10-6-7-11-19)18(20-5-2)15-8-9-17-16(13-15)12-14(3)21-17/h8-9,13-14,18,20H,4-7,10-12H2,1-3H3. The Balaban J connectivity index is 1.92. The highest BCUT2D eigenvalue weighted by atomic mass is 16.5. The van der Waals surface area contributed by atoms with Crippen LogP contribution in [0.25, 0.3) is 0 Å². The minimum atomic E-state index is 0.333. The average Bonchev–Trinajstić information content (AvgIpc) is 3.10. The number of ether oxygens (including phenoxy) is 1. The van der Waals surface area contributed by atoms with E-state index in [2.05, 4.69) is 44.3 Å². The molecule has 21 heavy (non-hydrogen) atoms. The van der Waals surface area contributed by atoms with Gasteiger partial charge < -0.3 is 10.1 Å². The highest BCUT2D eigenvalue weighted by molar-refractivity contribution is 5.42. The van der Waals surface area contributed by atoms with Crippen LogP contribution in [0.5, 0.6) is 5.75 Å². The Labute approximate surface area is 129 Å². The molecule has 116 valence electrons. The number of benzene rings is 1. The van der Waals surface area contributed by atoms with E-state index in [0.29, 0.717) is 17.6 Å². The van der Waals surface area contributed by atoms with E-state index in [0.717, 1.165) is 18.7 Å².